The Labute approximate surface area is 257 Å². The van der Waals surface area contributed by atoms with E-state index in [2.05, 4.69) is 10.2 Å². The van der Waals surface area contributed by atoms with Crippen molar-refractivity contribution in [3.8, 4) is 5.75 Å². The third-order valence-corrected chi connectivity index (χ3v) is 6.85. The Morgan fingerprint density at radius 3 is 1.35 bits per heavy atom. The highest BCUT2D eigenvalue weighted by Gasteiger charge is 2.01. The summed E-state index contributed by atoms with van der Waals surface area (Å²) in [6.45, 7) is 1.24. The number of aliphatic hydroxyl groups is 2. The fourth-order valence-electron chi connectivity index (χ4n) is 4.31. The van der Waals surface area contributed by atoms with Gasteiger partial charge < -0.3 is 25.2 Å². The second kappa shape index (κ2) is 26.3. The lowest BCUT2D eigenvalue weighted by Crippen LogP contribution is -1.97. The summed E-state index contributed by atoms with van der Waals surface area (Å²) in [7, 11) is 0. The summed E-state index contributed by atoms with van der Waals surface area (Å²) in [5.41, 5.74) is 1.50. The van der Waals surface area contributed by atoms with Crippen LogP contribution in [0.3, 0.4) is 0 Å². The zero-order valence-electron chi connectivity index (χ0n) is 25.7. The van der Waals surface area contributed by atoms with E-state index in [1.165, 1.54) is 69.9 Å². The number of hydrogen-bond donors (Lipinski definition) is 4. The maximum Gasteiger partial charge on any atom is 0.335 e. The number of ether oxygens (including phenoxy) is 1. The first-order valence-corrected chi connectivity index (χ1v) is 15.9. The Morgan fingerprint density at radius 1 is 0.535 bits per heavy atom. The van der Waals surface area contributed by atoms with Crippen LogP contribution in [0.25, 0.3) is 0 Å². The van der Waals surface area contributed by atoms with E-state index in [-0.39, 0.29) is 12.2 Å². The van der Waals surface area contributed by atoms with Gasteiger partial charge in [0, 0.05) is 19.6 Å². The van der Waals surface area contributed by atoms with Crippen LogP contribution in [0.2, 0.25) is 0 Å². The molecule has 0 fully saturated rings. The Balaban J connectivity index is 0.000000457. The van der Waals surface area contributed by atoms with Gasteiger partial charge in [0.25, 0.3) is 0 Å². The predicted octanol–water partition coefficient (Wildman–Crippen LogP) is 8.87. The first kappa shape index (κ1) is 37.7. The van der Waals surface area contributed by atoms with Crippen LogP contribution in [0.1, 0.15) is 120 Å². The number of nitrogens with zero attached hydrogens (tertiary/aromatic N) is 2. The quantitative estimate of drug-likeness (QED) is 0.0694. The molecule has 4 N–H and O–H groups in total. The van der Waals surface area contributed by atoms with E-state index in [4.69, 9.17) is 25.2 Å². The zero-order valence-corrected chi connectivity index (χ0v) is 25.7. The number of azo groups is 1. The minimum absolute atomic E-state index is 0.219. The molecule has 9 heteroatoms. The van der Waals surface area contributed by atoms with E-state index in [9.17, 15) is 9.59 Å². The molecule has 240 valence electrons. The maximum absolute atomic E-state index is 10.8. The van der Waals surface area contributed by atoms with Gasteiger partial charge in [-0.15, -0.1) is 0 Å². The molecule has 0 aromatic heterocycles. The molecule has 0 bridgehead atoms. The molecule has 0 unspecified atom stereocenters. The number of benzene rings is 2. The smallest absolute Gasteiger partial charge is 0.335 e. The van der Waals surface area contributed by atoms with E-state index < -0.39 is 11.9 Å². The normalized spacial score (nSPS) is 10.8. The van der Waals surface area contributed by atoms with E-state index in [0.717, 1.165) is 50.7 Å². The highest BCUT2D eigenvalue weighted by molar-refractivity contribution is 5.87. The summed E-state index contributed by atoms with van der Waals surface area (Å²) < 4.78 is 5.65. The molecule has 0 heterocycles. The van der Waals surface area contributed by atoms with Crippen LogP contribution in [-0.2, 0) is 4.79 Å². The SMILES string of the molecule is O=C(O)CCCCCCCCCCCCCCO.O=C(O)c1ccc(N=Nc2ccc(OCCCCCCO)cc2)cc1. The molecule has 0 aliphatic carbocycles. The number of rotatable bonds is 24. The lowest BCUT2D eigenvalue weighted by molar-refractivity contribution is -0.137. The summed E-state index contributed by atoms with van der Waals surface area (Å²) in [6, 6.07) is 13.5. The molecule has 0 radical (unpaired) electrons. The van der Waals surface area contributed by atoms with Crippen molar-refractivity contribution in [3.63, 3.8) is 0 Å². The fourth-order valence-corrected chi connectivity index (χ4v) is 4.31. The molecule has 2 aromatic rings. The summed E-state index contributed by atoms with van der Waals surface area (Å²) in [4.78, 5) is 21.1. The number of carbonyl (C=O) groups is 2. The molecule has 0 saturated heterocycles. The van der Waals surface area contributed by atoms with Gasteiger partial charge in [-0.2, -0.15) is 10.2 Å². The average Bonchev–Trinajstić information content (AvgIpc) is 3.01. The van der Waals surface area contributed by atoms with Crippen LogP contribution in [0.4, 0.5) is 11.4 Å². The Morgan fingerprint density at radius 2 is 0.930 bits per heavy atom. The Kier molecular flexibility index (Phi) is 23.1. The molecule has 2 rings (SSSR count). The summed E-state index contributed by atoms with van der Waals surface area (Å²) >= 11 is 0. The predicted molar refractivity (Wildman–Crippen MR) is 170 cm³/mol. The first-order chi connectivity index (χ1) is 21.0. The van der Waals surface area contributed by atoms with Crippen LogP contribution in [-0.4, -0.2) is 52.2 Å². The minimum Gasteiger partial charge on any atom is -0.494 e. The topological polar surface area (TPSA) is 149 Å². The Hall–Kier alpha value is -3.30. The standard InChI is InChI=1S/C19H22N2O4.C15H30O3/c22-13-3-1-2-4-14-25-18-11-9-17(10-12-18)21-20-16-7-5-15(6-8-16)19(23)24;16-14-12-10-8-6-4-2-1-3-5-7-9-11-13-15(17)18/h5-12,22H,1-4,13-14H2,(H,23,24);16H,1-14H2,(H,17,18). The van der Waals surface area contributed by atoms with Crippen molar-refractivity contribution in [1.82, 2.24) is 0 Å². The highest BCUT2D eigenvalue weighted by atomic mass is 16.5. The molecular formula is C34H52N2O7. The van der Waals surface area contributed by atoms with E-state index >= 15 is 0 Å². The molecule has 0 saturated carbocycles. The number of carboxylic acid groups (broad SMARTS) is 2. The van der Waals surface area contributed by atoms with Crippen LogP contribution in [0.5, 0.6) is 5.75 Å². The van der Waals surface area contributed by atoms with Crippen molar-refractivity contribution in [1.29, 1.82) is 0 Å². The monoisotopic (exact) mass is 600 g/mol. The lowest BCUT2D eigenvalue weighted by Gasteiger charge is -2.05. The molecule has 0 amide bonds. The number of unbranched alkanes of at least 4 members (excludes halogenated alkanes) is 14. The summed E-state index contributed by atoms with van der Waals surface area (Å²) in [5.74, 6) is -0.851. The second-order valence-corrected chi connectivity index (χ2v) is 10.6. The van der Waals surface area contributed by atoms with Crippen molar-refractivity contribution in [2.24, 2.45) is 10.2 Å². The van der Waals surface area contributed by atoms with Gasteiger partial charge in [0.05, 0.1) is 23.5 Å². The number of aliphatic carboxylic acids is 1. The summed E-state index contributed by atoms with van der Waals surface area (Å²) in [6.07, 6.45) is 18.5. The molecule has 9 nitrogen and oxygen atoms in total. The van der Waals surface area contributed by atoms with Crippen molar-refractivity contribution in [3.05, 3.63) is 54.1 Å². The van der Waals surface area contributed by atoms with E-state index in [0.29, 0.717) is 31.0 Å². The van der Waals surface area contributed by atoms with E-state index in [1.54, 1.807) is 12.1 Å². The Bertz CT molecular complexity index is 995. The largest absolute Gasteiger partial charge is 0.494 e. The minimum atomic E-state index is -0.965. The van der Waals surface area contributed by atoms with Gasteiger partial charge in [0.15, 0.2) is 0 Å². The molecule has 0 atom stereocenters. The van der Waals surface area contributed by atoms with Gasteiger partial charge in [-0.3, -0.25) is 4.79 Å². The zero-order chi connectivity index (χ0) is 31.4. The van der Waals surface area contributed by atoms with Gasteiger partial charge in [-0.1, -0.05) is 70.6 Å². The molecular weight excluding hydrogens is 548 g/mol. The van der Waals surface area contributed by atoms with Crippen LogP contribution < -0.4 is 4.74 Å². The first-order valence-electron chi connectivity index (χ1n) is 15.9. The van der Waals surface area contributed by atoms with Gasteiger partial charge >= 0.3 is 11.9 Å². The maximum atomic E-state index is 10.8. The van der Waals surface area contributed by atoms with Crippen molar-refractivity contribution >= 4 is 23.3 Å². The van der Waals surface area contributed by atoms with Crippen molar-refractivity contribution in [2.75, 3.05) is 19.8 Å². The summed E-state index contributed by atoms with van der Waals surface area (Å²) in [5, 5.41) is 42.9. The number of carboxylic acids is 2. The van der Waals surface area contributed by atoms with E-state index in [1.807, 2.05) is 24.3 Å². The van der Waals surface area contributed by atoms with Crippen LogP contribution in [0.15, 0.2) is 58.8 Å². The van der Waals surface area contributed by atoms with Gasteiger partial charge in [0.2, 0.25) is 0 Å². The molecule has 2 aromatic carbocycles. The van der Waals surface area contributed by atoms with Gasteiger partial charge in [0.1, 0.15) is 5.75 Å². The molecule has 0 aliphatic rings. The number of hydrogen-bond acceptors (Lipinski definition) is 7. The molecule has 0 aliphatic heterocycles. The molecule has 43 heavy (non-hydrogen) atoms. The molecule has 0 spiro atoms. The average molecular weight is 601 g/mol. The van der Waals surface area contributed by atoms with Crippen LogP contribution >= 0.6 is 0 Å². The lowest BCUT2D eigenvalue weighted by atomic mass is 10.0. The van der Waals surface area contributed by atoms with Crippen LogP contribution in [0, 0.1) is 0 Å². The third-order valence-electron chi connectivity index (χ3n) is 6.85. The number of aromatic carboxylic acids is 1. The van der Waals surface area contributed by atoms with Crippen molar-refractivity contribution in [2.45, 2.75) is 109 Å². The third kappa shape index (κ3) is 22.0. The number of aliphatic hydroxyl groups excluding tert-OH is 2. The van der Waals surface area contributed by atoms with Gasteiger partial charge in [-0.25, -0.2) is 4.79 Å². The second-order valence-electron chi connectivity index (χ2n) is 10.6. The van der Waals surface area contributed by atoms with Gasteiger partial charge in [-0.05, 0) is 80.6 Å². The highest BCUT2D eigenvalue weighted by Crippen LogP contribution is 2.22. The fraction of sp³-hybridized carbons (Fsp3) is 0.588. The van der Waals surface area contributed by atoms with Crippen molar-refractivity contribution < 1.29 is 34.8 Å².